The average Bonchev–Trinajstić information content (AvgIpc) is 3.22. The maximum atomic E-state index is 12.5. The monoisotopic (exact) mass is 306 g/mol. The Hall–Kier alpha value is -1.30. The van der Waals surface area contributed by atoms with E-state index in [1.165, 1.54) is 43.4 Å². The lowest BCUT2D eigenvalue weighted by Crippen LogP contribution is -2.38. The fourth-order valence-electron chi connectivity index (χ4n) is 4.18. The van der Waals surface area contributed by atoms with Crippen LogP contribution in [-0.4, -0.2) is 30.0 Å². The van der Waals surface area contributed by atoms with E-state index in [-0.39, 0.29) is 5.91 Å². The molecule has 5 nitrogen and oxygen atoms in total. The summed E-state index contributed by atoms with van der Waals surface area (Å²) < 4.78 is 0. The van der Waals surface area contributed by atoms with Gasteiger partial charge in [0.15, 0.2) is 5.13 Å². The Morgan fingerprint density at radius 1 is 1.29 bits per heavy atom. The van der Waals surface area contributed by atoms with Crippen LogP contribution in [0.5, 0.6) is 0 Å². The van der Waals surface area contributed by atoms with E-state index in [0.29, 0.717) is 22.7 Å². The second-order valence-corrected chi connectivity index (χ2v) is 7.64. The fraction of sp³-hybridized carbons (Fsp3) is 0.733. The molecule has 2 heterocycles. The number of nitrogens with one attached hydrogen (secondary N) is 1. The number of hydrogen-bond acceptors (Lipinski definition) is 5. The summed E-state index contributed by atoms with van der Waals surface area (Å²) in [7, 11) is 0. The van der Waals surface area contributed by atoms with E-state index < -0.39 is 0 Å². The molecule has 3 atom stereocenters. The number of thiazole rings is 1. The van der Waals surface area contributed by atoms with Gasteiger partial charge in [0, 0.05) is 19.1 Å². The highest BCUT2D eigenvalue weighted by Gasteiger charge is 2.40. The van der Waals surface area contributed by atoms with Crippen LogP contribution in [0.1, 0.15) is 48.2 Å². The number of fused-ring (bicyclic) bond motifs is 2. The van der Waals surface area contributed by atoms with Gasteiger partial charge in [-0.2, -0.15) is 0 Å². The lowest BCUT2D eigenvalue weighted by atomic mass is 9.95. The number of rotatable bonds is 3. The molecule has 1 amide bonds. The number of hydrogen-bond donors (Lipinski definition) is 2. The van der Waals surface area contributed by atoms with E-state index in [1.54, 1.807) is 0 Å². The minimum Gasteiger partial charge on any atom is -0.382 e. The second-order valence-electron chi connectivity index (χ2n) is 6.66. The highest BCUT2D eigenvalue weighted by atomic mass is 32.1. The summed E-state index contributed by atoms with van der Waals surface area (Å²) in [5, 5.41) is 4.11. The zero-order valence-corrected chi connectivity index (χ0v) is 13.0. The van der Waals surface area contributed by atoms with Gasteiger partial charge in [0.2, 0.25) is 0 Å². The molecule has 0 radical (unpaired) electrons. The quantitative estimate of drug-likeness (QED) is 0.898. The Kier molecular flexibility index (Phi) is 3.28. The van der Waals surface area contributed by atoms with E-state index in [4.69, 9.17) is 5.73 Å². The topological polar surface area (TPSA) is 71.2 Å². The van der Waals surface area contributed by atoms with E-state index in [0.717, 1.165) is 30.6 Å². The van der Waals surface area contributed by atoms with E-state index >= 15 is 0 Å². The first-order valence-electron chi connectivity index (χ1n) is 8.03. The first-order chi connectivity index (χ1) is 10.2. The molecule has 1 saturated heterocycles. The van der Waals surface area contributed by atoms with Crippen molar-refractivity contribution in [3.63, 3.8) is 0 Å². The van der Waals surface area contributed by atoms with Crippen LogP contribution < -0.4 is 16.0 Å². The summed E-state index contributed by atoms with van der Waals surface area (Å²) in [5.41, 5.74) is 5.97. The normalized spacial score (nSPS) is 31.0. The summed E-state index contributed by atoms with van der Waals surface area (Å²) in [6.45, 7) is 2.06. The van der Waals surface area contributed by atoms with Gasteiger partial charge in [0.1, 0.15) is 10.7 Å². The van der Waals surface area contributed by atoms with Gasteiger partial charge in [-0.15, -0.1) is 0 Å². The van der Waals surface area contributed by atoms with Crippen molar-refractivity contribution in [2.75, 3.05) is 23.7 Å². The lowest BCUT2D eigenvalue weighted by Gasteiger charge is -2.22. The van der Waals surface area contributed by atoms with Crippen molar-refractivity contribution in [1.29, 1.82) is 0 Å². The van der Waals surface area contributed by atoms with Gasteiger partial charge in [0.05, 0.1) is 0 Å². The SMILES string of the molecule is Nc1nc(N2CCCC2)sc1C(=O)NC1CC2CCC1C2. The predicted molar refractivity (Wildman–Crippen MR) is 84.7 cm³/mol. The van der Waals surface area contributed by atoms with Gasteiger partial charge < -0.3 is 16.0 Å². The Morgan fingerprint density at radius 3 is 2.76 bits per heavy atom. The van der Waals surface area contributed by atoms with Crippen molar-refractivity contribution in [2.45, 2.75) is 44.6 Å². The molecule has 1 aliphatic heterocycles. The van der Waals surface area contributed by atoms with Crippen molar-refractivity contribution in [1.82, 2.24) is 10.3 Å². The molecule has 2 aliphatic carbocycles. The molecule has 2 bridgehead atoms. The lowest BCUT2D eigenvalue weighted by molar-refractivity contribution is 0.0928. The first-order valence-corrected chi connectivity index (χ1v) is 8.84. The van der Waals surface area contributed by atoms with Crippen LogP contribution in [0.4, 0.5) is 10.9 Å². The van der Waals surface area contributed by atoms with Crippen LogP contribution in [0.15, 0.2) is 0 Å². The van der Waals surface area contributed by atoms with E-state index in [2.05, 4.69) is 15.2 Å². The Bertz CT molecular complexity index is 552. The smallest absolute Gasteiger partial charge is 0.265 e. The molecular weight excluding hydrogens is 284 g/mol. The highest BCUT2D eigenvalue weighted by Crippen LogP contribution is 2.44. The van der Waals surface area contributed by atoms with Gasteiger partial charge in [0.25, 0.3) is 5.91 Å². The molecule has 21 heavy (non-hydrogen) atoms. The number of carbonyl (C=O) groups excluding carboxylic acids is 1. The van der Waals surface area contributed by atoms with Crippen LogP contribution in [0, 0.1) is 11.8 Å². The molecule has 114 valence electrons. The number of carbonyl (C=O) groups is 1. The number of nitrogens with zero attached hydrogens (tertiary/aromatic N) is 2. The third-order valence-corrected chi connectivity index (χ3v) is 6.41. The van der Waals surface area contributed by atoms with Crippen molar-refractivity contribution in [3.05, 3.63) is 4.88 Å². The summed E-state index contributed by atoms with van der Waals surface area (Å²) >= 11 is 1.45. The third kappa shape index (κ3) is 2.39. The molecule has 2 saturated carbocycles. The van der Waals surface area contributed by atoms with Gasteiger partial charge in [-0.05, 0) is 43.9 Å². The van der Waals surface area contributed by atoms with Crippen molar-refractivity contribution in [3.8, 4) is 0 Å². The molecule has 3 aliphatic rings. The maximum absolute atomic E-state index is 12.5. The van der Waals surface area contributed by atoms with Crippen LogP contribution in [-0.2, 0) is 0 Å². The number of anilines is 2. The molecule has 0 spiro atoms. The van der Waals surface area contributed by atoms with Crippen molar-refractivity contribution >= 4 is 28.2 Å². The predicted octanol–water partition coefficient (Wildman–Crippen LogP) is 2.24. The van der Waals surface area contributed by atoms with Gasteiger partial charge in [-0.3, -0.25) is 4.79 Å². The maximum Gasteiger partial charge on any atom is 0.265 e. The number of nitrogens with two attached hydrogens (primary N) is 1. The minimum atomic E-state index is -0.0204. The molecule has 1 aromatic heterocycles. The molecule has 3 N–H and O–H groups in total. The number of amides is 1. The Morgan fingerprint density at radius 2 is 2.10 bits per heavy atom. The second kappa shape index (κ2) is 5.16. The summed E-state index contributed by atoms with van der Waals surface area (Å²) in [6, 6.07) is 0.355. The van der Waals surface area contributed by atoms with Crippen LogP contribution in [0.25, 0.3) is 0 Å². The average molecular weight is 306 g/mol. The van der Waals surface area contributed by atoms with Gasteiger partial charge >= 0.3 is 0 Å². The number of aromatic nitrogens is 1. The highest BCUT2D eigenvalue weighted by molar-refractivity contribution is 7.18. The molecule has 3 unspecified atom stereocenters. The standard InChI is InChI=1S/C15H22N4OS/c16-13-12(21-15(18-13)19-5-1-2-6-19)14(20)17-11-8-9-3-4-10(11)7-9/h9-11H,1-8,16H2,(H,17,20). The van der Waals surface area contributed by atoms with Gasteiger partial charge in [-0.1, -0.05) is 17.8 Å². The largest absolute Gasteiger partial charge is 0.382 e. The zero-order valence-electron chi connectivity index (χ0n) is 12.2. The Balaban J connectivity index is 1.46. The number of nitrogen functional groups attached to an aromatic ring is 1. The summed E-state index contributed by atoms with van der Waals surface area (Å²) in [4.78, 5) is 19.7. The molecule has 0 aromatic carbocycles. The van der Waals surface area contributed by atoms with E-state index in [1.807, 2.05) is 0 Å². The van der Waals surface area contributed by atoms with Crippen LogP contribution in [0.2, 0.25) is 0 Å². The minimum absolute atomic E-state index is 0.0204. The van der Waals surface area contributed by atoms with Crippen LogP contribution in [0.3, 0.4) is 0 Å². The fourth-order valence-corrected chi connectivity index (χ4v) is 5.12. The van der Waals surface area contributed by atoms with Crippen molar-refractivity contribution in [2.24, 2.45) is 11.8 Å². The summed E-state index contributed by atoms with van der Waals surface area (Å²) in [5.74, 6) is 1.89. The molecular formula is C15H22N4OS. The third-order valence-electron chi connectivity index (χ3n) is 5.28. The Labute approximate surface area is 128 Å². The van der Waals surface area contributed by atoms with Crippen molar-refractivity contribution < 1.29 is 4.79 Å². The molecule has 3 fully saturated rings. The summed E-state index contributed by atoms with van der Waals surface area (Å²) in [6.07, 6.45) is 7.46. The first kappa shape index (κ1) is 13.4. The van der Waals surface area contributed by atoms with Crippen LogP contribution >= 0.6 is 11.3 Å². The zero-order chi connectivity index (χ0) is 14.4. The molecule has 1 aromatic rings. The molecule has 4 rings (SSSR count). The molecule has 6 heteroatoms. The van der Waals surface area contributed by atoms with Gasteiger partial charge in [-0.25, -0.2) is 4.98 Å². The van der Waals surface area contributed by atoms with E-state index in [9.17, 15) is 4.79 Å².